The molecule has 2 fully saturated rings. The average molecular weight is 279 g/mol. The molecule has 0 unspecified atom stereocenters. The predicted octanol–water partition coefficient (Wildman–Crippen LogP) is 0.829. The standard InChI is InChI=1S/C13H21N5S/c1-2-14-3-5-17(4-1)12-10-13(16-11-15-12)18-6-8-19-9-7-18/h10-11,14H,1-9H2. The maximum absolute atomic E-state index is 4.45. The molecule has 0 bridgehead atoms. The van der Waals surface area contributed by atoms with Crippen LogP contribution >= 0.6 is 11.8 Å². The molecule has 0 aliphatic carbocycles. The van der Waals surface area contributed by atoms with E-state index in [-0.39, 0.29) is 0 Å². The summed E-state index contributed by atoms with van der Waals surface area (Å²) in [6, 6.07) is 2.15. The summed E-state index contributed by atoms with van der Waals surface area (Å²) in [5.74, 6) is 4.56. The molecule has 0 spiro atoms. The Hall–Kier alpha value is -1.01. The van der Waals surface area contributed by atoms with Crippen molar-refractivity contribution in [2.75, 3.05) is 60.6 Å². The van der Waals surface area contributed by atoms with Gasteiger partial charge >= 0.3 is 0 Å². The molecule has 2 aliphatic rings. The van der Waals surface area contributed by atoms with Crippen LogP contribution in [0.15, 0.2) is 12.4 Å². The highest BCUT2D eigenvalue weighted by Gasteiger charge is 2.16. The summed E-state index contributed by atoms with van der Waals surface area (Å²) >= 11 is 2.02. The highest BCUT2D eigenvalue weighted by atomic mass is 32.2. The molecule has 0 atom stereocenters. The smallest absolute Gasteiger partial charge is 0.134 e. The van der Waals surface area contributed by atoms with Crippen LogP contribution < -0.4 is 15.1 Å². The molecule has 2 saturated heterocycles. The van der Waals surface area contributed by atoms with Crippen LogP contribution in [0.3, 0.4) is 0 Å². The molecule has 1 aromatic rings. The SMILES string of the molecule is c1nc(N2CCCNCC2)cc(N2CCSCC2)n1. The fraction of sp³-hybridized carbons (Fsp3) is 0.692. The average Bonchev–Trinajstić information content (AvgIpc) is 2.77. The van der Waals surface area contributed by atoms with Crippen molar-refractivity contribution >= 4 is 23.4 Å². The molecule has 2 aliphatic heterocycles. The van der Waals surface area contributed by atoms with Crippen molar-refractivity contribution in [2.45, 2.75) is 6.42 Å². The van der Waals surface area contributed by atoms with Crippen LogP contribution in [0.25, 0.3) is 0 Å². The van der Waals surface area contributed by atoms with E-state index in [1.54, 1.807) is 6.33 Å². The van der Waals surface area contributed by atoms with Crippen LogP contribution in [-0.2, 0) is 0 Å². The van der Waals surface area contributed by atoms with Crippen molar-refractivity contribution < 1.29 is 0 Å². The second-order valence-corrected chi connectivity index (χ2v) is 6.15. The fourth-order valence-corrected chi connectivity index (χ4v) is 3.45. The Morgan fingerprint density at radius 1 is 0.947 bits per heavy atom. The molecule has 5 nitrogen and oxygen atoms in total. The largest absolute Gasteiger partial charge is 0.355 e. The van der Waals surface area contributed by atoms with E-state index in [0.29, 0.717) is 0 Å². The van der Waals surface area contributed by atoms with E-state index in [2.05, 4.69) is 31.2 Å². The highest BCUT2D eigenvalue weighted by molar-refractivity contribution is 7.99. The molecule has 0 amide bonds. The van der Waals surface area contributed by atoms with Crippen LogP contribution in [-0.4, -0.2) is 60.7 Å². The minimum absolute atomic E-state index is 1.03. The van der Waals surface area contributed by atoms with Gasteiger partial charge in [-0.3, -0.25) is 0 Å². The van der Waals surface area contributed by atoms with E-state index >= 15 is 0 Å². The molecule has 0 aromatic carbocycles. The van der Waals surface area contributed by atoms with Crippen LogP contribution in [0.2, 0.25) is 0 Å². The molecule has 6 heteroatoms. The number of rotatable bonds is 2. The quantitative estimate of drug-likeness (QED) is 0.865. The minimum Gasteiger partial charge on any atom is -0.355 e. The van der Waals surface area contributed by atoms with Gasteiger partial charge in [0.2, 0.25) is 0 Å². The number of nitrogens with zero attached hydrogens (tertiary/aromatic N) is 4. The Balaban J connectivity index is 1.74. The first-order valence-electron chi connectivity index (χ1n) is 7.04. The first kappa shape index (κ1) is 13.0. The molecule has 0 saturated carbocycles. The van der Waals surface area contributed by atoms with E-state index in [4.69, 9.17) is 0 Å². The van der Waals surface area contributed by atoms with Gasteiger partial charge in [0.1, 0.15) is 18.0 Å². The first-order valence-corrected chi connectivity index (χ1v) is 8.19. The van der Waals surface area contributed by atoms with E-state index in [9.17, 15) is 0 Å². The topological polar surface area (TPSA) is 44.3 Å². The van der Waals surface area contributed by atoms with Crippen molar-refractivity contribution in [2.24, 2.45) is 0 Å². The van der Waals surface area contributed by atoms with E-state index in [1.165, 1.54) is 17.9 Å². The first-order chi connectivity index (χ1) is 9.43. The third kappa shape index (κ3) is 3.30. The number of thioether (sulfide) groups is 1. The zero-order valence-electron chi connectivity index (χ0n) is 11.2. The lowest BCUT2D eigenvalue weighted by atomic mass is 10.3. The number of hydrogen-bond donors (Lipinski definition) is 1. The van der Waals surface area contributed by atoms with Crippen molar-refractivity contribution in [1.82, 2.24) is 15.3 Å². The van der Waals surface area contributed by atoms with Gasteiger partial charge in [0.15, 0.2) is 0 Å². The maximum Gasteiger partial charge on any atom is 0.134 e. The van der Waals surface area contributed by atoms with Crippen molar-refractivity contribution in [3.8, 4) is 0 Å². The van der Waals surface area contributed by atoms with Crippen LogP contribution in [0.5, 0.6) is 0 Å². The zero-order valence-corrected chi connectivity index (χ0v) is 12.0. The fourth-order valence-electron chi connectivity index (χ4n) is 2.55. The van der Waals surface area contributed by atoms with Gasteiger partial charge in [-0.05, 0) is 13.0 Å². The lowest BCUT2D eigenvalue weighted by Gasteiger charge is -2.28. The number of nitrogens with one attached hydrogen (secondary N) is 1. The van der Waals surface area contributed by atoms with Gasteiger partial charge in [-0.15, -0.1) is 0 Å². The summed E-state index contributed by atoms with van der Waals surface area (Å²) < 4.78 is 0. The van der Waals surface area contributed by atoms with Gasteiger partial charge in [0.05, 0.1) is 0 Å². The van der Waals surface area contributed by atoms with Gasteiger partial charge in [-0.1, -0.05) is 0 Å². The molecule has 3 rings (SSSR count). The maximum atomic E-state index is 4.45. The van der Waals surface area contributed by atoms with Gasteiger partial charge in [0.25, 0.3) is 0 Å². The summed E-state index contributed by atoms with van der Waals surface area (Å²) in [4.78, 5) is 13.6. The van der Waals surface area contributed by atoms with E-state index in [1.807, 2.05) is 11.8 Å². The lowest BCUT2D eigenvalue weighted by Crippen LogP contribution is -2.34. The zero-order chi connectivity index (χ0) is 12.9. The number of hydrogen-bond acceptors (Lipinski definition) is 6. The molecule has 1 N–H and O–H groups in total. The second kappa shape index (κ2) is 6.43. The van der Waals surface area contributed by atoms with Gasteiger partial charge < -0.3 is 15.1 Å². The Bertz CT molecular complexity index is 400. The normalized spacial score (nSPS) is 21.3. The van der Waals surface area contributed by atoms with Crippen molar-refractivity contribution in [1.29, 1.82) is 0 Å². The van der Waals surface area contributed by atoms with E-state index < -0.39 is 0 Å². The summed E-state index contributed by atoms with van der Waals surface area (Å²) in [5.41, 5.74) is 0. The molecule has 1 aromatic heterocycles. The van der Waals surface area contributed by atoms with Gasteiger partial charge in [-0.25, -0.2) is 9.97 Å². The van der Waals surface area contributed by atoms with Crippen molar-refractivity contribution in [3.05, 3.63) is 12.4 Å². The summed E-state index contributed by atoms with van der Waals surface area (Å²) in [6.07, 6.45) is 2.89. The van der Waals surface area contributed by atoms with Crippen LogP contribution in [0.4, 0.5) is 11.6 Å². The summed E-state index contributed by atoms with van der Waals surface area (Å²) in [7, 11) is 0. The van der Waals surface area contributed by atoms with Crippen LogP contribution in [0, 0.1) is 0 Å². The van der Waals surface area contributed by atoms with E-state index in [0.717, 1.165) is 50.9 Å². The van der Waals surface area contributed by atoms with Gasteiger partial charge in [-0.2, -0.15) is 11.8 Å². The van der Waals surface area contributed by atoms with Gasteiger partial charge in [0, 0.05) is 50.3 Å². The predicted molar refractivity (Wildman–Crippen MR) is 81.3 cm³/mol. The third-order valence-electron chi connectivity index (χ3n) is 3.64. The summed E-state index contributed by atoms with van der Waals surface area (Å²) in [5, 5.41) is 3.43. The van der Waals surface area contributed by atoms with Crippen LogP contribution in [0.1, 0.15) is 6.42 Å². The monoisotopic (exact) mass is 279 g/mol. The molecular formula is C13H21N5S. The molecule has 104 valence electrons. The Morgan fingerprint density at radius 2 is 1.68 bits per heavy atom. The number of aromatic nitrogens is 2. The molecule has 19 heavy (non-hydrogen) atoms. The Kier molecular flexibility index (Phi) is 4.40. The summed E-state index contributed by atoms with van der Waals surface area (Å²) in [6.45, 7) is 6.47. The third-order valence-corrected chi connectivity index (χ3v) is 4.58. The highest BCUT2D eigenvalue weighted by Crippen LogP contribution is 2.21. The Morgan fingerprint density at radius 3 is 2.47 bits per heavy atom. The molecule has 0 radical (unpaired) electrons. The Labute approximate surface area is 118 Å². The minimum atomic E-state index is 1.03. The lowest BCUT2D eigenvalue weighted by molar-refractivity contribution is 0.724. The molecular weight excluding hydrogens is 258 g/mol. The van der Waals surface area contributed by atoms with Crippen molar-refractivity contribution in [3.63, 3.8) is 0 Å². The number of anilines is 2. The second-order valence-electron chi connectivity index (χ2n) is 4.92. The molecule has 3 heterocycles.